The van der Waals surface area contributed by atoms with Crippen molar-refractivity contribution in [2.24, 2.45) is 17.4 Å². The summed E-state index contributed by atoms with van der Waals surface area (Å²) in [4.78, 5) is 1.10. The van der Waals surface area contributed by atoms with Gasteiger partial charge in [-0.2, -0.15) is 0 Å². The molecule has 0 saturated carbocycles. The fourth-order valence-corrected chi connectivity index (χ4v) is 2.08. The van der Waals surface area contributed by atoms with E-state index in [4.69, 9.17) is 16.9 Å². The molecule has 3 nitrogen and oxygen atoms in total. The predicted molar refractivity (Wildman–Crippen MR) is 57.1 cm³/mol. The highest BCUT2D eigenvalue weighted by Gasteiger charge is 2.13. The van der Waals surface area contributed by atoms with Gasteiger partial charge in [0.1, 0.15) is 5.84 Å². The van der Waals surface area contributed by atoms with Crippen LogP contribution in [0.25, 0.3) is 0 Å². The number of nitrogen functional groups attached to an aromatic ring is 1. The molecule has 13 heavy (non-hydrogen) atoms. The number of hydrogen-bond donors (Lipinski definition) is 3. The van der Waals surface area contributed by atoms with E-state index in [0.29, 0.717) is 5.92 Å². The summed E-state index contributed by atoms with van der Waals surface area (Å²) in [6, 6.07) is 1.95. The van der Waals surface area contributed by atoms with E-state index in [1.165, 1.54) is 0 Å². The van der Waals surface area contributed by atoms with Crippen molar-refractivity contribution in [3.63, 3.8) is 0 Å². The molecular weight excluding hydrogens is 182 g/mol. The minimum Gasteiger partial charge on any atom is -0.384 e. The van der Waals surface area contributed by atoms with Gasteiger partial charge in [0.05, 0.1) is 0 Å². The zero-order valence-corrected chi connectivity index (χ0v) is 8.69. The molecule has 1 aromatic heterocycles. The zero-order valence-electron chi connectivity index (χ0n) is 7.87. The zero-order chi connectivity index (χ0) is 10.0. The minimum atomic E-state index is 0.0538. The van der Waals surface area contributed by atoms with Crippen molar-refractivity contribution < 1.29 is 0 Å². The third kappa shape index (κ3) is 2.29. The largest absolute Gasteiger partial charge is 0.384 e. The predicted octanol–water partition coefficient (Wildman–Crippen LogP) is 1.69. The summed E-state index contributed by atoms with van der Waals surface area (Å²) in [5.41, 5.74) is 12.1. The summed E-state index contributed by atoms with van der Waals surface area (Å²) >= 11 is 1.57. The van der Waals surface area contributed by atoms with Crippen molar-refractivity contribution in [1.29, 1.82) is 5.41 Å². The van der Waals surface area contributed by atoms with Crippen molar-refractivity contribution in [1.82, 2.24) is 0 Å². The first-order valence-corrected chi connectivity index (χ1v) is 5.08. The van der Waals surface area contributed by atoms with Crippen LogP contribution in [-0.2, 0) is 0 Å². The highest BCUT2D eigenvalue weighted by Crippen LogP contribution is 2.25. The average molecular weight is 197 g/mol. The fourth-order valence-electron chi connectivity index (χ4n) is 0.997. The SMILES string of the molecule is CC(C)C(N)c1cc(C(=N)N)cs1. The molecule has 0 aliphatic carbocycles. The van der Waals surface area contributed by atoms with E-state index in [2.05, 4.69) is 13.8 Å². The van der Waals surface area contributed by atoms with Crippen LogP contribution in [-0.4, -0.2) is 5.84 Å². The van der Waals surface area contributed by atoms with Crippen LogP contribution in [0.4, 0.5) is 0 Å². The van der Waals surface area contributed by atoms with Gasteiger partial charge in [0.25, 0.3) is 0 Å². The molecular formula is C9H15N3S. The van der Waals surface area contributed by atoms with Gasteiger partial charge in [-0.3, -0.25) is 5.41 Å². The van der Waals surface area contributed by atoms with E-state index in [-0.39, 0.29) is 11.9 Å². The molecule has 0 spiro atoms. The Labute approximate surface area is 82.3 Å². The smallest absolute Gasteiger partial charge is 0.123 e. The standard InChI is InChI=1S/C9H15N3S/c1-5(2)8(10)7-3-6(4-13-7)9(11)12/h3-5,8H,10H2,1-2H3,(H3,11,12). The summed E-state index contributed by atoms with van der Waals surface area (Å²) in [7, 11) is 0. The van der Waals surface area contributed by atoms with Crippen LogP contribution in [0.15, 0.2) is 11.4 Å². The van der Waals surface area contributed by atoms with Gasteiger partial charge < -0.3 is 11.5 Å². The summed E-state index contributed by atoms with van der Waals surface area (Å²) in [6.45, 7) is 4.16. The lowest BCUT2D eigenvalue weighted by Gasteiger charge is -2.12. The van der Waals surface area contributed by atoms with Crippen LogP contribution in [0.5, 0.6) is 0 Å². The molecule has 4 heteroatoms. The summed E-state index contributed by atoms with van der Waals surface area (Å²) in [5.74, 6) is 0.525. The van der Waals surface area contributed by atoms with E-state index in [1.807, 2.05) is 11.4 Å². The topological polar surface area (TPSA) is 75.9 Å². The molecule has 1 heterocycles. The van der Waals surface area contributed by atoms with E-state index >= 15 is 0 Å². The quantitative estimate of drug-likeness (QED) is 0.509. The lowest BCUT2D eigenvalue weighted by atomic mass is 10.0. The Balaban J connectivity index is 2.85. The van der Waals surface area contributed by atoms with Gasteiger partial charge in [-0.25, -0.2) is 0 Å². The molecule has 0 aromatic carbocycles. The molecule has 1 atom stereocenters. The first-order valence-electron chi connectivity index (χ1n) is 4.20. The van der Waals surface area contributed by atoms with Gasteiger partial charge in [0, 0.05) is 21.9 Å². The molecule has 0 aliphatic heterocycles. The Hall–Kier alpha value is -0.870. The molecule has 0 bridgehead atoms. The Bertz CT molecular complexity index is 304. The molecule has 0 aliphatic rings. The van der Waals surface area contributed by atoms with E-state index in [0.717, 1.165) is 10.4 Å². The minimum absolute atomic E-state index is 0.0538. The highest BCUT2D eigenvalue weighted by atomic mass is 32.1. The second kappa shape index (κ2) is 3.89. The van der Waals surface area contributed by atoms with Gasteiger partial charge in [-0.05, 0) is 12.0 Å². The van der Waals surface area contributed by atoms with E-state index < -0.39 is 0 Å². The Kier molecular flexibility index (Phi) is 3.06. The maximum atomic E-state index is 7.24. The molecule has 1 unspecified atom stereocenters. The Morgan fingerprint density at radius 1 is 1.54 bits per heavy atom. The van der Waals surface area contributed by atoms with Crippen molar-refractivity contribution in [3.8, 4) is 0 Å². The number of hydrogen-bond acceptors (Lipinski definition) is 3. The molecule has 1 rings (SSSR count). The van der Waals surface area contributed by atoms with Gasteiger partial charge >= 0.3 is 0 Å². The third-order valence-corrected chi connectivity index (χ3v) is 3.01. The molecule has 0 fully saturated rings. The van der Waals surface area contributed by atoms with E-state index in [9.17, 15) is 0 Å². The average Bonchev–Trinajstić information content (AvgIpc) is 2.50. The van der Waals surface area contributed by atoms with E-state index in [1.54, 1.807) is 11.3 Å². The summed E-state index contributed by atoms with van der Waals surface area (Å²) in [6.07, 6.45) is 0. The van der Waals surface area contributed by atoms with Crippen molar-refractivity contribution in [2.45, 2.75) is 19.9 Å². The van der Waals surface area contributed by atoms with Crippen LogP contribution in [0.2, 0.25) is 0 Å². The molecule has 72 valence electrons. The molecule has 5 N–H and O–H groups in total. The lowest BCUT2D eigenvalue weighted by molar-refractivity contribution is 0.521. The van der Waals surface area contributed by atoms with Crippen LogP contribution in [0.1, 0.15) is 30.3 Å². The van der Waals surface area contributed by atoms with Crippen molar-refractivity contribution >= 4 is 17.2 Å². The molecule has 0 radical (unpaired) electrons. The third-order valence-electron chi connectivity index (χ3n) is 1.98. The number of thiophene rings is 1. The van der Waals surface area contributed by atoms with Gasteiger partial charge in [-0.1, -0.05) is 13.8 Å². The van der Waals surface area contributed by atoms with Gasteiger partial charge in [-0.15, -0.1) is 11.3 Å². The number of nitrogens with one attached hydrogen (secondary N) is 1. The van der Waals surface area contributed by atoms with Crippen LogP contribution < -0.4 is 11.5 Å². The maximum Gasteiger partial charge on any atom is 0.123 e. The van der Waals surface area contributed by atoms with Crippen molar-refractivity contribution in [3.05, 3.63) is 21.9 Å². The molecule has 0 saturated heterocycles. The second-order valence-electron chi connectivity index (χ2n) is 3.42. The first-order chi connectivity index (χ1) is 6.02. The number of rotatable bonds is 3. The summed E-state index contributed by atoms with van der Waals surface area (Å²) < 4.78 is 0. The first kappa shape index (κ1) is 10.2. The molecule has 0 amide bonds. The lowest BCUT2D eigenvalue weighted by Crippen LogP contribution is -2.15. The number of nitrogens with two attached hydrogens (primary N) is 2. The maximum absolute atomic E-state index is 7.24. The van der Waals surface area contributed by atoms with Crippen LogP contribution in [0, 0.1) is 11.3 Å². The Morgan fingerprint density at radius 3 is 2.54 bits per heavy atom. The van der Waals surface area contributed by atoms with Gasteiger partial charge in [0.15, 0.2) is 0 Å². The van der Waals surface area contributed by atoms with Crippen LogP contribution >= 0.6 is 11.3 Å². The number of amidine groups is 1. The highest BCUT2D eigenvalue weighted by molar-refractivity contribution is 7.10. The monoisotopic (exact) mass is 197 g/mol. The van der Waals surface area contributed by atoms with Gasteiger partial charge in [0.2, 0.25) is 0 Å². The Morgan fingerprint density at radius 2 is 2.15 bits per heavy atom. The second-order valence-corrected chi connectivity index (χ2v) is 4.36. The van der Waals surface area contributed by atoms with Crippen molar-refractivity contribution in [2.75, 3.05) is 0 Å². The summed E-state index contributed by atoms with van der Waals surface area (Å²) in [5, 5.41) is 9.12. The molecule has 1 aromatic rings. The van der Waals surface area contributed by atoms with Crippen LogP contribution in [0.3, 0.4) is 0 Å². The fraction of sp³-hybridized carbons (Fsp3) is 0.444. The normalized spacial score (nSPS) is 13.2.